The monoisotopic (exact) mass is 463 g/mol. The van der Waals surface area contributed by atoms with E-state index in [1.165, 1.54) is 0 Å². The molecule has 0 aliphatic carbocycles. The highest BCUT2D eigenvalue weighted by molar-refractivity contribution is 5.83. The Labute approximate surface area is 208 Å². The van der Waals surface area contributed by atoms with Gasteiger partial charge in [-0.15, -0.1) is 0 Å². The van der Waals surface area contributed by atoms with Crippen molar-refractivity contribution in [3.05, 3.63) is 128 Å². The predicted octanol–water partition coefficient (Wildman–Crippen LogP) is 7.09. The molecule has 3 aromatic heterocycles. The van der Waals surface area contributed by atoms with Gasteiger partial charge in [-0.25, -0.2) is 9.97 Å². The van der Waals surface area contributed by atoms with E-state index in [9.17, 15) is 0 Å². The molecule has 0 bridgehead atoms. The molecule has 7 aromatic rings. The molecule has 5 heteroatoms. The number of rotatable bonds is 4. The van der Waals surface area contributed by atoms with Crippen molar-refractivity contribution in [1.82, 2.24) is 24.1 Å². The molecule has 0 amide bonds. The van der Waals surface area contributed by atoms with E-state index in [1.54, 1.807) is 0 Å². The fourth-order valence-corrected chi connectivity index (χ4v) is 4.79. The van der Waals surface area contributed by atoms with E-state index in [2.05, 4.69) is 91.9 Å². The molecule has 0 radical (unpaired) electrons. The van der Waals surface area contributed by atoms with Crippen LogP contribution >= 0.6 is 0 Å². The SMILES string of the molecule is c1cc(-c2ccc(-n3cnc4ccccc43)cn2)cc(-c2ccccc2-n2cnc3ccccc32)c1. The molecule has 5 nitrogen and oxygen atoms in total. The van der Waals surface area contributed by atoms with Crippen LogP contribution < -0.4 is 0 Å². The van der Waals surface area contributed by atoms with Gasteiger partial charge in [0, 0.05) is 11.1 Å². The minimum atomic E-state index is 0.926. The average Bonchev–Trinajstić information content (AvgIpc) is 3.58. The highest BCUT2D eigenvalue weighted by Crippen LogP contribution is 2.32. The Hall–Kier alpha value is -5.03. The smallest absolute Gasteiger partial charge is 0.100 e. The van der Waals surface area contributed by atoms with Crippen molar-refractivity contribution in [2.24, 2.45) is 0 Å². The van der Waals surface area contributed by atoms with E-state index in [1.807, 2.05) is 55.2 Å². The molecular weight excluding hydrogens is 442 g/mol. The Balaban J connectivity index is 1.27. The van der Waals surface area contributed by atoms with Gasteiger partial charge in [-0.3, -0.25) is 14.1 Å². The Morgan fingerprint density at radius 3 is 1.94 bits per heavy atom. The summed E-state index contributed by atoms with van der Waals surface area (Å²) >= 11 is 0. The number of aromatic nitrogens is 5. The molecule has 0 saturated heterocycles. The van der Waals surface area contributed by atoms with Crippen molar-refractivity contribution in [2.75, 3.05) is 0 Å². The molecule has 0 atom stereocenters. The van der Waals surface area contributed by atoms with Gasteiger partial charge in [0.15, 0.2) is 0 Å². The lowest BCUT2D eigenvalue weighted by molar-refractivity contribution is 1.07. The lowest BCUT2D eigenvalue weighted by Crippen LogP contribution is -1.96. The van der Waals surface area contributed by atoms with Gasteiger partial charge >= 0.3 is 0 Å². The summed E-state index contributed by atoms with van der Waals surface area (Å²) in [4.78, 5) is 13.9. The first-order valence-corrected chi connectivity index (χ1v) is 11.9. The maximum Gasteiger partial charge on any atom is 0.100 e. The van der Waals surface area contributed by atoms with E-state index < -0.39 is 0 Å². The molecule has 36 heavy (non-hydrogen) atoms. The van der Waals surface area contributed by atoms with E-state index in [0.29, 0.717) is 0 Å². The molecule has 0 saturated carbocycles. The molecular formula is C31H21N5. The van der Waals surface area contributed by atoms with Gasteiger partial charge in [0.2, 0.25) is 0 Å². The number of pyridine rings is 1. The number of hydrogen-bond donors (Lipinski definition) is 0. The van der Waals surface area contributed by atoms with E-state index >= 15 is 0 Å². The standard InChI is InChI=1S/C31H21N5/c1-4-13-29(36-21-34-28-12-3-6-15-31(28)36)25(10-1)22-8-7-9-23(18-22)26-17-16-24(19-32-26)35-20-33-27-11-2-5-14-30(27)35/h1-21H. The summed E-state index contributed by atoms with van der Waals surface area (Å²) in [6.07, 6.45) is 5.65. The molecule has 4 aromatic carbocycles. The Bertz CT molecular complexity index is 1840. The minimum absolute atomic E-state index is 0.926. The van der Waals surface area contributed by atoms with Crippen LogP contribution in [0.3, 0.4) is 0 Å². The van der Waals surface area contributed by atoms with E-state index in [4.69, 9.17) is 4.98 Å². The Morgan fingerprint density at radius 1 is 0.500 bits per heavy atom. The van der Waals surface area contributed by atoms with Gasteiger partial charge in [0.25, 0.3) is 0 Å². The first-order chi connectivity index (χ1) is 17.8. The highest BCUT2D eigenvalue weighted by atomic mass is 15.1. The van der Waals surface area contributed by atoms with Gasteiger partial charge in [0.1, 0.15) is 12.7 Å². The molecule has 0 unspecified atom stereocenters. The molecule has 0 aliphatic heterocycles. The van der Waals surface area contributed by atoms with Crippen LogP contribution in [-0.4, -0.2) is 24.1 Å². The van der Waals surface area contributed by atoms with Crippen molar-refractivity contribution >= 4 is 22.1 Å². The Morgan fingerprint density at radius 2 is 1.17 bits per heavy atom. The van der Waals surface area contributed by atoms with E-state index in [0.717, 1.165) is 55.8 Å². The van der Waals surface area contributed by atoms with Crippen LogP contribution in [0.4, 0.5) is 0 Å². The molecule has 170 valence electrons. The number of benzene rings is 4. The minimum Gasteiger partial charge on any atom is -0.298 e. The third-order valence-electron chi connectivity index (χ3n) is 6.57. The van der Waals surface area contributed by atoms with Gasteiger partial charge in [-0.05, 0) is 54.1 Å². The van der Waals surface area contributed by atoms with Crippen LogP contribution in [0.5, 0.6) is 0 Å². The van der Waals surface area contributed by atoms with Crippen LogP contribution in [0.1, 0.15) is 0 Å². The maximum absolute atomic E-state index is 4.80. The second-order valence-corrected chi connectivity index (χ2v) is 8.71. The number of nitrogens with zero attached hydrogens (tertiary/aromatic N) is 5. The van der Waals surface area contributed by atoms with Crippen LogP contribution in [0, 0.1) is 0 Å². The van der Waals surface area contributed by atoms with Crippen molar-refractivity contribution in [2.45, 2.75) is 0 Å². The highest BCUT2D eigenvalue weighted by Gasteiger charge is 2.11. The predicted molar refractivity (Wildman–Crippen MR) is 144 cm³/mol. The number of imidazole rings is 2. The van der Waals surface area contributed by atoms with Crippen molar-refractivity contribution in [1.29, 1.82) is 0 Å². The number of para-hydroxylation sites is 5. The van der Waals surface area contributed by atoms with E-state index in [-0.39, 0.29) is 0 Å². The summed E-state index contributed by atoms with van der Waals surface area (Å²) in [6, 6.07) is 37.5. The second kappa shape index (κ2) is 8.32. The van der Waals surface area contributed by atoms with Gasteiger partial charge in [0.05, 0.1) is 45.3 Å². The Kier molecular flexibility index (Phi) is 4.71. The number of hydrogen-bond acceptors (Lipinski definition) is 3. The van der Waals surface area contributed by atoms with Crippen LogP contribution in [-0.2, 0) is 0 Å². The zero-order valence-corrected chi connectivity index (χ0v) is 19.4. The summed E-state index contributed by atoms with van der Waals surface area (Å²) in [5.74, 6) is 0. The fourth-order valence-electron chi connectivity index (χ4n) is 4.79. The molecule has 0 fully saturated rings. The largest absolute Gasteiger partial charge is 0.298 e. The van der Waals surface area contributed by atoms with Crippen molar-refractivity contribution in [3.8, 4) is 33.8 Å². The lowest BCUT2D eigenvalue weighted by Gasteiger charge is -2.13. The lowest BCUT2D eigenvalue weighted by atomic mass is 9.99. The third-order valence-corrected chi connectivity index (χ3v) is 6.57. The zero-order chi connectivity index (χ0) is 23.9. The van der Waals surface area contributed by atoms with Gasteiger partial charge in [-0.1, -0.05) is 60.7 Å². The first-order valence-electron chi connectivity index (χ1n) is 11.9. The quantitative estimate of drug-likeness (QED) is 0.280. The summed E-state index contributed by atoms with van der Waals surface area (Å²) in [6.45, 7) is 0. The summed E-state index contributed by atoms with van der Waals surface area (Å²) < 4.78 is 4.22. The summed E-state index contributed by atoms with van der Waals surface area (Å²) in [5.41, 5.74) is 10.5. The second-order valence-electron chi connectivity index (χ2n) is 8.71. The normalized spacial score (nSPS) is 11.3. The average molecular weight is 464 g/mol. The van der Waals surface area contributed by atoms with Gasteiger partial charge in [-0.2, -0.15) is 0 Å². The maximum atomic E-state index is 4.80. The molecule has 0 N–H and O–H groups in total. The van der Waals surface area contributed by atoms with Crippen LogP contribution in [0.2, 0.25) is 0 Å². The van der Waals surface area contributed by atoms with Gasteiger partial charge < -0.3 is 0 Å². The third kappa shape index (κ3) is 3.37. The van der Waals surface area contributed by atoms with Crippen molar-refractivity contribution < 1.29 is 0 Å². The van der Waals surface area contributed by atoms with Crippen LogP contribution in [0.25, 0.3) is 55.8 Å². The molecule has 7 rings (SSSR count). The number of fused-ring (bicyclic) bond motifs is 2. The first kappa shape index (κ1) is 20.4. The molecule has 0 aliphatic rings. The topological polar surface area (TPSA) is 48.5 Å². The molecule has 3 heterocycles. The summed E-state index contributed by atoms with van der Waals surface area (Å²) in [5, 5.41) is 0. The van der Waals surface area contributed by atoms with Crippen molar-refractivity contribution in [3.63, 3.8) is 0 Å². The summed E-state index contributed by atoms with van der Waals surface area (Å²) in [7, 11) is 0. The fraction of sp³-hybridized carbons (Fsp3) is 0. The molecule has 0 spiro atoms. The van der Waals surface area contributed by atoms with Crippen LogP contribution in [0.15, 0.2) is 128 Å². The zero-order valence-electron chi connectivity index (χ0n) is 19.4.